The SMILES string of the molecule is CCCCc1nc(Cl)c(C(=O)OC(C)OC(=O)OCCOC[C@H](CO[N+](=O)[O-])O[N+](=O)[O-])n1Cc1ccc(-c2ccccc2-c2nn[nH]n2)cc1. The van der Waals surface area contributed by atoms with E-state index >= 15 is 0 Å². The summed E-state index contributed by atoms with van der Waals surface area (Å²) in [5.74, 6) is 0.144. The minimum absolute atomic E-state index is 0.0286. The molecule has 0 fully saturated rings. The molecule has 21 heteroatoms. The second kappa shape index (κ2) is 18.8. The molecule has 0 saturated carbocycles. The van der Waals surface area contributed by atoms with E-state index in [9.17, 15) is 29.8 Å². The number of halogens is 1. The van der Waals surface area contributed by atoms with Crippen LogP contribution >= 0.6 is 11.6 Å². The van der Waals surface area contributed by atoms with Gasteiger partial charge in [-0.3, -0.25) is 0 Å². The highest BCUT2D eigenvalue weighted by Gasteiger charge is 2.26. The fourth-order valence-corrected chi connectivity index (χ4v) is 4.99. The number of unbranched alkanes of at least 4 members (excludes halogenated alkanes) is 1. The Bertz CT molecular complexity index is 1770. The number of H-pyrrole nitrogens is 1. The lowest BCUT2D eigenvalue weighted by molar-refractivity contribution is -0.790. The van der Waals surface area contributed by atoms with Crippen molar-refractivity contribution in [2.75, 3.05) is 26.4 Å². The third kappa shape index (κ3) is 11.3. The zero-order chi connectivity index (χ0) is 36.8. The summed E-state index contributed by atoms with van der Waals surface area (Å²) in [5, 5.41) is 32.8. The monoisotopic (exact) mass is 732 g/mol. The van der Waals surface area contributed by atoms with Gasteiger partial charge in [-0.2, -0.15) is 5.21 Å². The van der Waals surface area contributed by atoms with Gasteiger partial charge in [-0.25, -0.2) is 14.6 Å². The smallest absolute Gasteiger partial charge is 0.432 e. The number of nitrogens with one attached hydrogen (secondary N) is 1. The predicted octanol–water partition coefficient (Wildman–Crippen LogP) is 4.23. The fourth-order valence-electron chi connectivity index (χ4n) is 4.71. The van der Waals surface area contributed by atoms with Crippen LogP contribution in [0.4, 0.5) is 4.79 Å². The van der Waals surface area contributed by atoms with Crippen LogP contribution in [0.1, 0.15) is 48.6 Å². The van der Waals surface area contributed by atoms with Gasteiger partial charge >= 0.3 is 12.1 Å². The van der Waals surface area contributed by atoms with E-state index < -0.39 is 47.9 Å². The first-order valence-corrected chi connectivity index (χ1v) is 15.8. The number of carbonyl (C=O) groups excluding carboxylic acids is 2. The Labute approximate surface area is 294 Å². The number of hydrogen-bond acceptors (Lipinski definition) is 16. The van der Waals surface area contributed by atoms with Crippen LogP contribution in [0, 0.1) is 20.2 Å². The largest absolute Gasteiger partial charge is 0.511 e. The molecule has 51 heavy (non-hydrogen) atoms. The molecule has 4 aromatic rings. The Morgan fingerprint density at radius 3 is 2.41 bits per heavy atom. The normalized spacial score (nSPS) is 12.1. The van der Waals surface area contributed by atoms with Crippen molar-refractivity contribution in [3.05, 3.63) is 91.0 Å². The van der Waals surface area contributed by atoms with Crippen LogP contribution in [0.2, 0.25) is 5.15 Å². The molecule has 0 saturated heterocycles. The number of esters is 1. The maximum atomic E-state index is 13.3. The van der Waals surface area contributed by atoms with Gasteiger partial charge in [0.2, 0.25) is 12.1 Å². The van der Waals surface area contributed by atoms with Crippen molar-refractivity contribution in [2.45, 2.75) is 52.0 Å². The Hall–Kier alpha value is -5.89. The maximum absolute atomic E-state index is 13.3. The number of aromatic amines is 1. The zero-order valence-corrected chi connectivity index (χ0v) is 28.1. The maximum Gasteiger partial charge on any atom is 0.511 e. The lowest BCUT2D eigenvalue weighted by Gasteiger charge is -2.16. The lowest BCUT2D eigenvalue weighted by atomic mass is 9.98. The second-order valence-corrected chi connectivity index (χ2v) is 10.9. The molecule has 0 bridgehead atoms. The Kier molecular flexibility index (Phi) is 13.9. The van der Waals surface area contributed by atoms with Crippen molar-refractivity contribution in [3.63, 3.8) is 0 Å². The quantitative estimate of drug-likeness (QED) is 0.0439. The second-order valence-electron chi connectivity index (χ2n) is 10.6. The lowest BCUT2D eigenvalue weighted by Crippen LogP contribution is -2.30. The summed E-state index contributed by atoms with van der Waals surface area (Å²) in [6.07, 6.45) is -1.80. The molecule has 4 rings (SSSR count). The van der Waals surface area contributed by atoms with Crippen LogP contribution in [0.3, 0.4) is 0 Å². The summed E-state index contributed by atoms with van der Waals surface area (Å²) in [7, 11) is 0. The van der Waals surface area contributed by atoms with Gasteiger partial charge in [-0.15, -0.1) is 30.4 Å². The molecular weight excluding hydrogens is 700 g/mol. The average molecular weight is 733 g/mol. The van der Waals surface area contributed by atoms with Crippen LogP contribution in [0.15, 0.2) is 48.5 Å². The third-order valence-corrected chi connectivity index (χ3v) is 7.22. The molecule has 272 valence electrons. The fraction of sp³-hybridized carbons (Fsp3) is 0.400. The van der Waals surface area contributed by atoms with Crippen molar-refractivity contribution in [1.82, 2.24) is 30.2 Å². The highest BCUT2D eigenvalue weighted by Crippen LogP contribution is 2.30. The van der Waals surface area contributed by atoms with Crippen LogP contribution in [0.5, 0.6) is 0 Å². The number of nitrogens with zero attached hydrogens (tertiary/aromatic N) is 7. The molecule has 0 aliphatic heterocycles. The van der Waals surface area contributed by atoms with E-state index in [-0.39, 0.29) is 30.6 Å². The van der Waals surface area contributed by atoms with Crippen LogP contribution in [-0.4, -0.2) is 91.3 Å². The number of tetrazole rings is 1. The number of carbonyl (C=O) groups is 2. The van der Waals surface area contributed by atoms with Crippen LogP contribution in [-0.2, 0) is 41.6 Å². The van der Waals surface area contributed by atoms with Gasteiger partial charge in [0.05, 0.1) is 13.2 Å². The number of aromatic nitrogens is 6. The molecule has 2 aromatic carbocycles. The summed E-state index contributed by atoms with van der Waals surface area (Å²) < 4.78 is 21.9. The van der Waals surface area contributed by atoms with Gasteiger partial charge < -0.3 is 33.2 Å². The van der Waals surface area contributed by atoms with Crippen LogP contribution in [0.25, 0.3) is 22.5 Å². The van der Waals surface area contributed by atoms with E-state index in [4.69, 9.17) is 30.5 Å². The molecule has 0 spiro atoms. The summed E-state index contributed by atoms with van der Waals surface area (Å²) in [6, 6.07) is 15.3. The highest BCUT2D eigenvalue weighted by atomic mass is 35.5. The van der Waals surface area contributed by atoms with Gasteiger partial charge in [0.15, 0.2) is 17.0 Å². The van der Waals surface area contributed by atoms with E-state index in [1.54, 1.807) is 4.57 Å². The van der Waals surface area contributed by atoms with Crippen molar-refractivity contribution in [3.8, 4) is 22.5 Å². The van der Waals surface area contributed by atoms with E-state index in [1.165, 1.54) is 6.92 Å². The van der Waals surface area contributed by atoms with Crippen LogP contribution < -0.4 is 0 Å². The van der Waals surface area contributed by atoms with E-state index in [0.717, 1.165) is 35.1 Å². The van der Waals surface area contributed by atoms with Gasteiger partial charge in [0.1, 0.15) is 19.0 Å². The van der Waals surface area contributed by atoms with Gasteiger partial charge in [0, 0.05) is 25.5 Å². The van der Waals surface area contributed by atoms with Crippen molar-refractivity contribution >= 4 is 23.7 Å². The highest BCUT2D eigenvalue weighted by molar-refractivity contribution is 6.32. The number of benzene rings is 2. The van der Waals surface area contributed by atoms with Crippen molar-refractivity contribution in [2.24, 2.45) is 0 Å². The molecule has 1 N–H and O–H groups in total. The first-order chi connectivity index (χ1) is 24.5. The molecule has 2 aromatic heterocycles. The molecule has 1 unspecified atom stereocenters. The topological polar surface area (TPSA) is 248 Å². The molecular formula is C30H33ClN8O12. The van der Waals surface area contributed by atoms with Gasteiger partial charge in [-0.05, 0) is 28.3 Å². The number of hydrogen-bond donors (Lipinski definition) is 1. The van der Waals surface area contributed by atoms with Gasteiger partial charge in [0.25, 0.3) is 10.2 Å². The first kappa shape index (κ1) is 37.9. The summed E-state index contributed by atoms with van der Waals surface area (Å²) in [4.78, 5) is 59.0. The molecule has 2 atom stereocenters. The molecule has 0 aliphatic rings. The number of rotatable bonds is 20. The Balaban J connectivity index is 1.36. The number of imidazole rings is 1. The minimum atomic E-state index is -1.40. The standard InChI is InChI=1S/C30H33ClN8O12/c1-3-4-9-25-32-27(31)26(29(40)49-19(2)50-30(41)47-15-14-46-17-22(51-39(44)45)18-48-38(42)43)37(25)16-20-10-12-21(13-11-20)23-7-5-6-8-24(23)28-33-35-36-34-28/h5-8,10-13,19,22H,3-4,9,14-18H2,1-2H3,(H,33,34,35,36)/t19?,22-/m1/s1. The number of ether oxygens (including phenoxy) is 4. The van der Waals surface area contributed by atoms with E-state index in [2.05, 4.69) is 35.3 Å². The molecule has 0 aliphatic carbocycles. The predicted molar refractivity (Wildman–Crippen MR) is 173 cm³/mol. The van der Waals surface area contributed by atoms with E-state index in [0.29, 0.717) is 18.1 Å². The van der Waals surface area contributed by atoms with Gasteiger partial charge in [-0.1, -0.05) is 73.5 Å². The first-order valence-electron chi connectivity index (χ1n) is 15.4. The summed E-state index contributed by atoms with van der Waals surface area (Å²) in [6.45, 7) is 1.67. The van der Waals surface area contributed by atoms with E-state index in [1.807, 2.05) is 55.5 Å². The minimum Gasteiger partial charge on any atom is -0.432 e. The molecule has 0 radical (unpaired) electrons. The third-order valence-electron chi connectivity index (χ3n) is 6.96. The molecule has 0 amide bonds. The number of aryl methyl sites for hydroxylation is 1. The zero-order valence-electron chi connectivity index (χ0n) is 27.3. The Morgan fingerprint density at radius 1 is 1.00 bits per heavy atom. The Morgan fingerprint density at radius 2 is 1.75 bits per heavy atom. The average Bonchev–Trinajstić information content (AvgIpc) is 3.74. The van der Waals surface area contributed by atoms with Crippen molar-refractivity contribution in [1.29, 1.82) is 0 Å². The molecule has 2 heterocycles. The van der Waals surface area contributed by atoms with Crippen molar-refractivity contribution < 1.29 is 48.4 Å². The molecule has 20 nitrogen and oxygen atoms in total. The summed E-state index contributed by atoms with van der Waals surface area (Å²) >= 11 is 6.45. The summed E-state index contributed by atoms with van der Waals surface area (Å²) in [5.41, 5.74) is 3.43.